The van der Waals surface area contributed by atoms with Gasteiger partial charge in [0.2, 0.25) is 10.1 Å². The van der Waals surface area contributed by atoms with Gasteiger partial charge in [0, 0.05) is 19.6 Å². The van der Waals surface area contributed by atoms with Crippen LogP contribution in [-0.2, 0) is 0 Å². The lowest BCUT2D eigenvalue weighted by atomic mass is 10.4. The number of rotatable bonds is 6. The van der Waals surface area contributed by atoms with Gasteiger partial charge in [-0.1, -0.05) is 11.3 Å². The standard InChI is InChI=1S/C11H19N5OS/c1-2-12-11-15-14-10(18-11)9(17)13-5-8-16-6-3-4-7-16/h2-8H2,1H3,(H,12,15)(H,13,17). The van der Waals surface area contributed by atoms with Gasteiger partial charge in [-0.2, -0.15) is 0 Å². The van der Waals surface area contributed by atoms with Crippen LogP contribution in [0.25, 0.3) is 0 Å². The fourth-order valence-electron chi connectivity index (χ4n) is 1.95. The highest BCUT2D eigenvalue weighted by atomic mass is 32.1. The number of nitrogens with one attached hydrogen (secondary N) is 2. The number of amides is 1. The molecule has 6 nitrogen and oxygen atoms in total. The summed E-state index contributed by atoms with van der Waals surface area (Å²) < 4.78 is 0. The lowest BCUT2D eigenvalue weighted by molar-refractivity contribution is 0.0948. The SMILES string of the molecule is CCNc1nnc(C(=O)NCCN2CCCC2)s1. The van der Waals surface area contributed by atoms with E-state index in [2.05, 4.69) is 25.7 Å². The van der Waals surface area contributed by atoms with E-state index in [-0.39, 0.29) is 5.91 Å². The molecule has 0 aromatic carbocycles. The molecule has 100 valence electrons. The first-order valence-electron chi connectivity index (χ1n) is 6.37. The molecule has 1 aromatic heterocycles. The van der Waals surface area contributed by atoms with Crippen LogP contribution < -0.4 is 10.6 Å². The second-order valence-corrected chi connectivity index (χ2v) is 5.22. The lowest BCUT2D eigenvalue weighted by Gasteiger charge is -2.13. The molecular weight excluding hydrogens is 250 g/mol. The first-order valence-corrected chi connectivity index (χ1v) is 7.19. The Balaban J connectivity index is 1.72. The fraction of sp³-hybridized carbons (Fsp3) is 0.727. The molecule has 1 aliphatic rings. The predicted molar refractivity (Wildman–Crippen MR) is 72.1 cm³/mol. The number of hydrogen-bond acceptors (Lipinski definition) is 6. The van der Waals surface area contributed by atoms with Crippen LogP contribution in [0.4, 0.5) is 5.13 Å². The fourth-order valence-corrected chi connectivity index (χ4v) is 2.67. The van der Waals surface area contributed by atoms with Gasteiger partial charge in [0.15, 0.2) is 0 Å². The molecule has 0 radical (unpaired) electrons. The zero-order chi connectivity index (χ0) is 12.8. The highest BCUT2D eigenvalue weighted by Gasteiger charge is 2.14. The van der Waals surface area contributed by atoms with Crippen molar-refractivity contribution in [2.45, 2.75) is 19.8 Å². The highest BCUT2D eigenvalue weighted by molar-refractivity contribution is 7.17. The number of nitrogens with zero attached hydrogens (tertiary/aromatic N) is 3. The maximum atomic E-state index is 11.8. The molecule has 0 bridgehead atoms. The number of hydrogen-bond donors (Lipinski definition) is 2. The van der Waals surface area contributed by atoms with Gasteiger partial charge in [-0.15, -0.1) is 10.2 Å². The average Bonchev–Trinajstić information content (AvgIpc) is 3.00. The van der Waals surface area contributed by atoms with E-state index in [1.54, 1.807) is 0 Å². The summed E-state index contributed by atoms with van der Waals surface area (Å²) >= 11 is 1.29. The molecular formula is C11H19N5OS. The Morgan fingerprint density at radius 3 is 2.89 bits per heavy atom. The zero-order valence-corrected chi connectivity index (χ0v) is 11.4. The molecule has 18 heavy (non-hydrogen) atoms. The van der Waals surface area contributed by atoms with Gasteiger partial charge in [0.1, 0.15) is 0 Å². The highest BCUT2D eigenvalue weighted by Crippen LogP contribution is 2.14. The van der Waals surface area contributed by atoms with Gasteiger partial charge in [-0.05, 0) is 32.9 Å². The summed E-state index contributed by atoms with van der Waals surface area (Å²) in [6.07, 6.45) is 2.55. The smallest absolute Gasteiger partial charge is 0.282 e. The number of anilines is 1. The van der Waals surface area contributed by atoms with Crippen LogP contribution in [0.3, 0.4) is 0 Å². The third-order valence-corrected chi connectivity index (χ3v) is 3.74. The van der Waals surface area contributed by atoms with Crippen LogP contribution in [0.15, 0.2) is 0 Å². The minimum Gasteiger partial charge on any atom is -0.360 e. The van der Waals surface area contributed by atoms with Crippen LogP contribution in [0.1, 0.15) is 29.6 Å². The number of aromatic nitrogens is 2. The van der Waals surface area contributed by atoms with Crippen LogP contribution in [0.5, 0.6) is 0 Å². The van der Waals surface area contributed by atoms with E-state index >= 15 is 0 Å². The van der Waals surface area contributed by atoms with Crippen molar-refractivity contribution in [2.24, 2.45) is 0 Å². The van der Waals surface area contributed by atoms with E-state index in [0.717, 1.165) is 26.2 Å². The van der Waals surface area contributed by atoms with E-state index in [0.29, 0.717) is 16.7 Å². The maximum Gasteiger partial charge on any atom is 0.282 e. The first kappa shape index (κ1) is 13.2. The normalized spacial score (nSPS) is 15.8. The zero-order valence-electron chi connectivity index (χ0n) is 10.6. The Kier molecular flexibility index (Phi) is 4.89. The quantitative estimate of drug-likeness (QED) is 0.799. The minimum atomic E-state index is -0.129. The molecule has 0 saturated carbocycles. The van der Waals surface area contributed by atoms with Crippen molar-refractivity contribution >= 4 is 22.4 Å². The van der Waals surface area contributed by atoms with Crippen LogP contribution in [0.2, 0.25) is 0 Å². The number of carbonyl (C=O) groups excluding carboxylic acids is 1. The molecule has 2 heterocycles. The summed E-state index contributed by atoms with van der Waals surface area (Å²) in [5.74, 6) is -0.129. The topological polar surface area (TPSA) is 70.1 Å². The second-order valence-electron chi connectivity index (χ2n) is 4.25. The Labute approximate surface area is 111 Å². The Hall–Kier alpha value is -1.21. The molecule has 1 aromatic rings. The Morgan fingerprint density at radius 1 is 1.39 bits per heavy atom. The molecule has 0 atom stereocenters. The van der Waals surface area contributed by atoms with Crippen LogP contribution >= 0.6 is 11.3 Å². The molecule has 2 rings (SSSR count). The number of carbonyl (C=O) groups is 1. The van der Waals surface area contributed by atoms with E-state index in [9.17, 15) is 4.79 Å². The van der Waals surface area contributed by atoms with Gasteiger partial charge >= 0.3 is 0 Å². The average molecular weight is 269 g/mol. The van der Waals surface area contributed by atoms with Crippen LogP contribution in [0, 0.1) is 0 Å². The monoisotopic (exact) mass is 269 g/mol. The van der Waals surface area contributed by atoms with E-state index in [4.69, 9.17) is 0 Å². The molecule has 1 saturated heterocycles. The summed E-state index contributed by atoms with van der Waals surface area (Å²) in [5.41, 5.74) is 0. The molecule has 1 aliphatic heterocycles. The molecule has 1 fully saturated rings. The van der Waals surface area contributed by atoms with E-state index in [1.165, 1.54) is 24.2 Å². The van der Waals surface area contributed by atoms with Gasteiger partial charge < -0.3 is 15.5 Å². The molecule has 7 heteroatoms. The molecule has 1 amide bonds. The first-order chi connectivity index (χ1) is 8.79. The van der Waals surface area contributed by atoms with Gasteiger partial charge in [-0.3, -0.25) is 4.79 Å². The molecule has 0 spiro atoms. The Bertz CT molecular complexity index is 389. The lowest BCUT2D eigenvalue weighted by Crippen LogP contribution is -2.33. The van der Waals surface area contributed by atoms with Crippen molar-refractivity contribution in [3.05, 3.63) is 5.01 Å². The van der Waals surface area contributed by atoms with Gasteiger partial charge in [0.05, 0.1) is 0 Å². The third kappa shape index (κ3) is 3.64. The van der Waals surface area contributed by atoms with Crippen molar-refractivity contribution < 1.29 is 4.79 Å². The summed E-state index contributed by atoms with van der Waals surface area (Å²) in [6.45, 7) is 6.67. The van der Waals surface area contributed by atoms with E-state index in [1.807, 2.05) is 6.92 Å². The van der Waals surface area contributed by atoms with Crippen LogP contribution in [-0.4, -0.2) is 53.7 Å². The summed E-state index contributed by atoms with van der Waals surface area (Å²) in [6, 6.07) is 0. The maximum absolute atomic E-state index is 11.8. The molecule has 2 N–H and O–H groups in total. The van der Waals surface area contributed by atoms with Crippen molar-refractivity contribution in [3.63, 3.8) is 0 Å². The minimum absolute atomic E-state index is 0.129. The molecule has 0 aliphatic carbocycles. The largest absolute Gasteiger partial charge is 0.360 e. The third-order valence-electron chi connectivity index (χ3n) is 2.86. The van der Waals surface area contributed by atoms with Gasteiger partial charge in [0.25, 0.3) is 5.91 Å². The van der Waals surface area contributed by atoms with Crippen molar-refractivity contribution in [1.82, 2.24) is 20.4 Å². The summed E-state index contributed by atoms with van der Waals surface area (Å²) in [7, 11) is 0. The van der Waals surface area contributed by atoms with E-state index < -0.39 is 0 Å². The number of likely N-dealkylation sites (tertiary alicyclic amines) is 1. The summed E-state index contributed by atoms with van der Waals surface area (Å²) in [5, 5.41) is 14.8. The van der Waals surface area contributed by atoms with Crippen molar-refractivity contribution in [3.8, 4) is 0 Å². The van der Waals surface area contributed by atoms with Crippen molar-refractivity contribution in [2.75, 3.05) is 38.0 Å². The Morgan fingerprint density at radius 2 is 2.17 bits per heavy atom. The molecule has 0 unspecified atom stereocenters. The van der Waals surface area contributed by atoms with Gasteiger partial charge in [-0.25, -0.2) is 0 Å². The second kappa shape index (κ2) is 6.65. The predicted octanol–water partition coefficient (Wildman–Crippen LogP) is 0.795. The summed E-state index contributed by atoms with van der Waals surface area (Å²) in [4.78, 5) is 14.2. The van der Waals surface area contributed by atoms with Crippen molar-refractivity contribution in [1.29, 1.82) is 0 Å².